The molecule has 0 saturated carbocycles. The molecule has 1 aliphatic rings. The number of benzene rings is 2. The Labute approximate surface area is 180 Å². The molecule has 31 heavy (non-hydrogen) atoms. The van der Waals surface area contributed by atoms with Gasteiger partial charge in [-0.15, -0.1) is 0 Å². The summed E-state index contributed by atoms with van der Waals surface area (Å²) >= 11 is 0. The van der Waals surface area contributed by atoms with Crippen molar-refractivity contribution in [3.63, 3.8) is 0 Å². The molecule has 5 nitrogen and oxygen atoms in total. The Morgan fingerprint density at radius 1 is 0.871 bits per heavy atom. The summed E-state index contributed by atoms with van der Waals surface area (Å²) < 4.78 is 1.72. The molecular formula is C26H23N3O2. The Bertz CT molecular complexity index is 1310. The van der Waals surface area contributed by atoms with Crippen LogP contribution in [0.5, 0.6) is 0 Å². The number of nitrogens with zero attached hydrogens (tertiary/aromatic N) is 1. The van der Waals surface area contributed by atoms with E-state index in [1.54, 1.807) is 16.7 Å². The summed E-state index contributed by atoms with van der Waals surface area (Å²) in [6.45, 7) is 0. The first-order valence-electron chi connectivity index (χ1n) is 10.5. The van der Waals surface area contributed by atoms with Gasteiger partial charge in [-0.2, -0.15) is 0 Å². The normalized spacial score (nSPS) is 13.0. The van der Waals surface area contributed by atoms with E-state index in [1.165, 1.54) is 17.5 Å². The summed E-state index contributed by atoms with van der Waals surface area (Å²) in [6, 6.07) is 20.6. The predicted molar refractivity (Wildman–Crippen MR) is 123 cm³/mol. The van der Waals surface area contributed by atoms with Gasteiger partial charge in [-0.25, -0.2) is 0 Å². The van der Waals surface area contributed by atoms with Crippen LogP contribution in [-0.2, 0) is 12.8 Å². The lowest BCUT2D eigenvalue weighted by atomic mass is 9.89. The van der Waals surface area contributed by atoms with E-state index < -0.39 is 0 Å². The minimum Gasteiger partial charge on any atom is -0.396 e. The van der Waals surface area contributed by atoms with E-state index in [0.717, 1.165) is 19.3 Å². The number of pyridine rings is 1. The fraction of sp³-hybridized carbons (Fsp3) is 0.154. The summed E-state index contributed by atoms with van der Waals surface area (Å²) in [5.74, 6) is -0.511. The van der Waals surface area contributed by atoms with Crippen molar-refractivity contribution in [3.05, 3.63) is 101 Å². The van der Waals surface area contributed by atoms with Crippen molar-refractivity contribution < 1.29 is 9.59 Å². The average Bonchev–Trinajstić information content (AvgIpc) is 3.10. The number of hydrogen-bond acceptors (Lipinski definition) is 3. The summed E-state index contributed by atoms with van der Waals surface area (Å²) in [4.78, 5) is 26.6. The average molecular weight is 409 g/mol. The van der Waals surface area contributed by atoms with Gasteiger partial charge in [0.2, 0.25) is 5.78 Å². The first-order valence-corrected chi connectivity index (χ1v) is 10.5. The molecule has 2 aromatic carbocycles. The lowest BCUT2D eigenvalue weighted by molar-refractivity contribution is 0.102. The Kier molecular flexibility index (Phi) is 4.79. The Balaban J connectivity index is 1.59. The van der Waals surface area contributed by atoms with Crippen LogP contribution in [0.4, 0.5) is 11.4 Å². The SMILES string of the molecule is Nc1c(C(=O)Nc2ccccc2)c2ccccn2c1C(=O)c1ccc2c(c1)CCCC2. The third-order valence-electron chi connectivity index (χ3n) is 5.97. The topological polar surface area (TPSA) is 76.6 Å². The lowest BCUT2D eigenvalue weighted by Gasteiger charge is -2.16. The summed E-state index contributed by atoms with van der Waals surface area (Å²) in [7, 11) is 0. The number of carbonyl (C=O) groups is 2. The van der Waals surface area contributed by atoms with Crippen LogP contribution in [0.3, 0.4) is 0 Å². The number of anilines is 2. The second-order valence-electron chi connectivity index (χ2n) is 7.93. The van der Waals surface area contributed by atoms with Gasteiger partial charge in [0.15, 0.2) is 0 Å². The van der Waals surface area contributed by atoms with E-state index in [4.69, 9.17) is 5.73 Å². The van der Waals surface area contributed by atoms with E-state index in [0.29, 0.717) is 28.0 Å². The standard InChI is InChI=1S/C26H23N3O2/c27-23-22(26(31)28-20-10-2-1-3-11-20)21-12-6-7-15-29(21)24(23)25(30)19-14-13-17-8-4-5-9-18(17)16-19/h1-3,6-7,10-16H,4-5,8-9,27H2,(H,28,31). The molecule has 0 saturated heterocycles. The number of fused-ring (bicyclic) bond motifs is 2. The maximum Gasteiger partial charge on any atom is 0.259 e. The zero-order valence-corrected chi connectivity index (χ0v) is 17.1. The van der Waals surface area contributed by atoms with E-state index in [-0.39, 0.29) is 17.4 Å². The van der Waals surface area contributed by atoms with E-state index in [9.17, 15) is 9.59 Å². The number of aromatic nitrogens is 1. The minimum atomic E-state index is -0.336. The number of nitrogen functional groups attached to an aromatic ring is 1. The molecule has 1 amide bonds. The number of nitrogens with two attached hydrogens (primary N) is 1. The molecule has 1 aliphatic carbocycles. The Morgan fingerprint density at radius 3 is 2.42 bits per heavy atom. The number of ketones is 1. The fourth-order valence-corrected chi connectivity index (χ4v) is 4.42. The highest BCUT2D eigenvalue weighted by molar-refractivity contribution is 6.20. The van der Waals surface area contributed by atoms with Crippen molar-refractivity contribution in [2.45, 2.75) is 25.7 Å². The maximum atomic E-state index is 13.5. The number of rotatable bonds is 4. The molecule has 0 unspecified atom stereocenters. The summed E-state index contributed by atoms with van der Waals surface area (Å²) in [5.41, 5.74) is 11.7. The van der Waals surface area contributed by atoms with Crippen molar-refractivity contribution in [2.24, 2.45) is 0 Å². The van der Waals surface area contributed by atoms with Crippen LogP contribution in [0.15, 0.2) is 72.9 Å². The summed E-state index contributed by atoms with van der Waals surface area (Å²) in [6.07, 6.45) is 6.16. The molecule has 2 aromatic heterocycles. The maximum absolute atomic E-state index is 13.5. The molecule has 2 heterocycles. The molecule has 0 bridgehead atoms. The second-order valence-corrected chi connectivity index (χ2v) is 7.93. The number of amides is 1. The molecule has 5 rings (SSSR count). The third kappa shape index (κ3) is 3.38. The monoisotopic (exact) mass is 409 g/mol. The van der Waals surface area contributed by atoms with Gasteiger partial charge in [0.25, 0.3) is 5.91 Å². The van der Waals surface area contributed by atoms with E-state index in [1.807, 2.05) is 54.6 Å². The number of hydrogen-bond donors (Lipinski definition) is 2. The molecular weight excluding hydrogens is 386 g/mol. The van der Waals surface area contributed by atoms with Crippen molar-refractivity contribution in [2.75, 3.05) is 11.1 Å². The van der Waals surface area contributed by atoms with Crippen LogP contribution in [-0.4, -0.2) is 16.1 Å². The van der Waals surface area contributed by atoms with Gasteiger partial charge >= 0.3 is 0 Å². The molecule has 0 aliphatic heterocycles. The highest BCUT2D eigenvalue weighted by Crippen LogP contribution is 2.30. The number of para-hydroxylation sites is 1. The predicted octanol–water partition coefficient (Wildman–Crippen LogP) is 4.88. The number of nitrogens with one attached hydrogen (secondary N) is 1. The number of aryl methyl sites for hydroxylation is 2. The van der Waals surface area contributed by atoms with Crippen LogP contribution < -0.4 is 11.1 Å². The molecule has 0 fully saturated rings. The number of carbonyl (C=O) groups excluding carboxylic acids is 2. The van der Waals surface area contributed by atoms with Gasteiger partial charge in [-0.3, -0.25) is 9.59 Å². The van der Waals surface area contributed by atoms with Crippen molar-refractivity contribution >= 4 is 28.6 Å². The van der Waals surface area contributed by atoms with Gasteiger partial charge in [-0.1, -0.05) is 36.4 Å². The molecule has 154 valence electrons. The molecule has 3 N–H and O–H groups in total. The molecule has 0 atom stereocenters. The van der Waals surface area contributed by atoms with Gasteiger partial charge in [-0.05, 0) is 67.1 Å². The van der Waals surface area contributed by atoms with Crippen molar-refractivity contribution in [3.8, 4) is 0 Å². The zero-order chi connectivity index (χ0) is 21.4. The molecule has 4 aromatic rings. The van der Waals surface area contributed by atoms with Gasteiger partial charge in [0, 0.05) is 17.4 Å². The first kappa shape index (κ1) is 19.1. The minimum absolute atomic E-state index is 0.175. The molecule has 0 radical (unpaired) electrons. The van der Waals surface area contributed by atoms with Crippen LogP contribution in [0, 0.1) is 0 Å². The summed E-state index contributed by atoms with van der Waals surface area (Å²) in [5, 5.41) is 2.88. The van der Waals surface area contributed by atoms with Crippen LogP contribution in [0.2, 0.25) is 0 Å². The third-order valence-corrected chi connectivity index (χ3v) is 5.97. The zero-order valence-electron chi connectivity index (χ0n) is 17.1. The quantitative estimate of drug-likeness (QED) is 0.472. The largest absolute Gasteiger partial charge is 0.396 e. The van der Waals surface area contributed by atoms with Gasteiger partial charge < -0.3 is 15.5 Å². The highest BCUT2D eigenvalue weighted by atomic mass is 16.2. The van der Waals surface area contributed by atoms with Crippen LogP contribution in [0.25, 0.3) is 5.52 Å². The smallest absolute Gasteiger partial charge is 0.259 e. The van der Waals surface area contributed by atoms with Crippen LogP contribution >= 0.6 is 0 Å². The van der Waals surface area contributed by atoms with Gasteiger partial charge in [0.1, 0.15) is 5.69 Å². The fourth-order valence-electron chi connectivity index (χ4n) is 4.42. The first-order chi connectivity index (χ1) is 15.1. The second kappa shape index (κ2) is 7.76. The molecule has 0 spiro atoms. The highest BCUT2D eigenvalue weighted by Gasteiger charge is 2.26. The van der Waals surface area contributed by atoms with Gasteiger partial charge in [0.05, 0.1) is 16.8 Å². The van der Waals surface area contributed by atoms with Crippen LogP contribution in [0.1, 0.15) is 50.4 Å². The van der Waals surface area contributed by atoms with E-state index in [2.05, 4.69) is 11.4 Å². The molecule has 5 heteroatoms. The van der Waals surface area contributed by atoms with Crippen molar-refractivity contribution in [1.82, 2.24) is 4.40 Å². The van der Waals surface area contributed by atoms with Crippen molar-refractivity contribution in [1.29, 1.82) is 0 Å². The lowest BCUT2D eigenvalue weighted by Crippen LogP contribution is -2.14. The van der Waals surface area contributed by atoms with E-state index >= 15 is 0 Å². The Morgan fingerprint density at radius 2 is 1.61 bits per heavy atom. The Hall–Kier alpha value is -3.86.